The molecule has 0 spiro atoms. The van der Waals surface area contributed by atoms with Crippen molar-refractivity contribution in [1.29, 1.82) is 0 Å². The third kappa shape index (κ3) is 3.98. The fraction of sp³-hybridized carbons (Fsp3) is 0.636. The van der Waals surface area contributed by atoms with Crippen LogP contribution in [-0.2, 0) is 14.8 Å². The Labute approximate surface area is 122 Å². The summed E-state index contributed by atoms with van der Waals surface area (Å²) in [5.41, 5.74) is 0.793. The average molecular weight is 322 g/mol. The van der Waals surface area contributed by atoms with Crippen LogP contribution in [0.3, 0.4) is 0 Å². The van der Waals surface area contributed by atoms with Crippen LogP contribution in [0.5, 0.6) is 0 Å². The Bertz CT molecular complexity index is 553. The zero-order valence-corrected chi connectivity index (χ0v) is 13.2. The number of hydrogen-bond acceptors (Lipinski definition) is 6. The van der Waals surface area contributed by atoms with Crippen LogP contribution in [0.1, 0.15) is 24.3 Å². The van der Waals surface area contributed by atoms with Crippen molar-refractivity contribution in [2.75, 3.05) is 26.8 Å². The smallest absolute Gasteiger partial charge is 0.356 e. The monoisotopic (exact) mass is 322 g/mol. The minimum absolute atomic E-state index is 0.114. The lowest BCUT2D eigenvalue weighted by atomic mass is 10.2. The molecule has 0 fully saturated rings. The number of methoxy groups -OCH3 is 1. The largest absolute Gasteiger partial charge is 0.476 e. The van der Waals surface area contributed by atoms with Crippen LogP contribution in [0.4, 0.5) is 0 Å². The first-order valence-electron chi connectivity index (χ1n) is 5.96. The molecule has 0 saturated carbocycles. The summed E-state index contributed by atoms with van der Waals surface area (Å²) in [4.78, 5) is 14.6. The molecule has 0 unspecified atom stereocenters. The Morgan fingerprint density at radius 1 is 1.55 bits per heavy atom. The van der Waals surface area contributed by atoms with Crippen LogP contribution < -0.4 is 0 Å². The van der Waals surface area contributed by atoms with E-state index in [2.05, 4.69) is 4.98 Å². The van der Waals surface area contributed by atoms with Crippen LogP contribution in [0, 0.1) is 5.92 Å². The summed E-state index contributed by atoms with van der Waals surface area (Å²) in [7, 11) is -2.39. The molecule has 0 aliphatic rings. The van der Waals surface area contributed by atoms with Crippen molar-refractivity contribution in [2.24, 2.45) is 5.92 Å². The first-order chi connectivity index (χ1) is 9.30. The molecular formula is C11H18N2O5S2. The predicted octanol–water partition coefficient (Wildman–Crippen LogP) is 1.13. The number of nitrogens with zero attached hydrogens (tertiary/aromatic N) is 2. The lowest BCUT2D eigenvalue weighted by Gasteiger charge is -2.22. The van der Waals surface area contributed by atoms with E-state index in [0.29, 0.717) is 6.54 Å². The molecule has 1 aromatic rings. The molecule has 9 heteroatoms. The number of rotatable bonds is 8. The van der Waals surface area contributed by atoms with Gasteiger partial charge < -0.3 is 9.84 Å². The summed E-state index contributed by atoms with van der Waals surface area (Å²) in [5.74, 6) is -1.23. The number of sulfonamides is 1. The van der Waals surface area contributed by atoms with Crippen LogP contribution in [-0.4, -0.2) is 55.6 Å². The van der Waals surface area contributed by atoms with Crippen molar-refractivity contribution in [2.45, 2.75) is 18.1 Å². The van der Waals surface area contributed by atoms with Gasteiger partial charge >= 0.3 is 5.97 Å². The van der Waals surface area contributed by atoms with Gasteiger partial charge in [0.1, 0.15) is 0 Å². The van der Waals surface area contributed by atoms with Gasteiger partial charge in [0.2, 0.25) is 0 Å². The molecule has 114 valence electrons. The molecule has 1 rings (SSSR count). The minimum atomic E-state index is -3.87. The highest BCUT2D eigenvalue weighted by molar-refractivity contribution is 7.91. The maximum absolute atomic E-state index is 12.5. The van der Waals surface area contributed by atoms with Crippen molar-refractivity contribution in [3.63, 3.8) is 0 Å². The number of hydrogen-bond donors (Lipinski definition) is 1. The van der Waals surface area contributed by atoms with Crippen molar-refractivity contribution < 1.29 is 23.1 Å². The van der Waals surface area contributed by atoms with Gasteiger partial charge in [-0.05, 0) is 5.92 Å². The molecule has 0 atom stereocenters. The molecule has 0 radical (unpaired) electrons. The van der Waals surface area contributed by atoms with Crippen LogP contribution in [0.2, 0.25) is 0 Å². The second kappa shape index (κ2) is 7.11. The first kappa shape index (κ1) is 17.0. The molecule has 0 saturated heterocycles. The highest BCUT2D eigenvalue weighted by Crippen LogP contribution is 2.24. The van der Waals surface area contributed by atoms with Crippen molar-refractivity contribution in [3.8, 4) is 0 Å². The quantitative estimate of drug-likeness (QED) is 0.771. The van der Waals surface area contributed by atoms with E-state index in [-0.39, 0.29) is 23.3 Å². The van der Waals surface area contributed by atoms with Crippen molar-refractivity contribution >= 4 is 27.3 Å². The van der Waals surface area contributed by atoms with E-state index in [1.165, 1.54) is 16.9 Å². The zero-order chi connectivity index (χ0) is 15.3. The third-order valence-electron chi connectivity index (χ3n) is 2.43. The van der Waals surface area contributed by atoms with E-state index < -0.39 is 21.7 Å². The Hall–Kier alpha value is -1.03. The Morgan fingerprint density at radius 3 is 2.70 bits per heavy atom. The van der Waals surface area contributed by atoms with E-state index >= 15 is 0 Å². The van der Waals surface area contributed by atoms with E-state index in [4.69, 9.17) is 9.84 Å². The number of thiazole rings is 1. The Kier molecular flexibility index (Phi) is 6.06. The number of carbonyl (C=O) groups is 1. The molecular weight excluding hydrogens is 304 g/mol. The highest BCUT2D eigenvalue weighted by atomic mass is 32.2. The summed E-state index contributed by atoms with van der Waals surface area (Å²) in [6.07, 6.45) is 0. The van der Waals surface area contributed by atoms with Gasteiger partial charge in [-0.25, -0.2) is 18.2 Å². The zero-order valence-electron chi connectivity index (χ0n) is 11.6. The molecule has 1 heterocycles. The van der Waals surface area contributed by atoms with Crippen molar-refractivity contribution in [1.82, 2.24) is 9.29 Å². The van der Waals surface area contributed by atoms with Gasteiger partial charge in [-0.3, -0.25) is 0 Å². The maximum Gasteiger partial charge on any atom is 0.356 e. The average Bonchev–Trinajstić information content (AvgIpc) is 2.83. The number of carboxylic acid groups (broad SMARTS) is 1. The molecule has 1 aromatic heterocycles. The van der Waals surface area contributed by atoms with E-state index in [1.54, 1.807) is 0 Å². The highest BCUT2D eigenvalue weighted by Gasteiger charge is 2.31. The van der Waals surface area contributed by atoms with E-state index in [1.807, 2.05) is 13.8 Å². The summed E-state index contributed by atoms with van der Waals surface area (Å²) in [6.45, 7) is 4.49. The molecule has 0 aromatic carbocycles. The molecule has 7 nitrogen and oxygen atoms in total. The van der Waals surface area contributed by atoms with Gasteiger partial charge in [-0.15, -0.1) is 11.3 Å². The van der Waals surface area contributed by atoms with Gasteiger partial charge in [0.15, 0.2) is 9.90 Å². The fourth-order valence-corrected chi connectivity index (χ4v) is 4.45. The lowest BCUT2D eigenvalue weighted by molar-refractivity contribution is 0.0687. The minimum Gasteiger partial charge on any atom is -0.476 e. The van der Waals surface area contributed by atoms with Crippen LogP contribution >= 0.6 is 11.3 Å². The SMILES string of the molecule is COCCN(CC(C)C)S(=O)(=O)c1scnc1C(=O)O. The van der Waals surface area contributed by atoms with E-state index in [9.17, 15) is 13.2 Å². The van der Waals surface area contributed by atoms with E-state index in [0.717, 1.165) is 11.3 Å². The van der Waals surface area contributed by atoms with Crippen LogP contribution in [0.25, 0.3) is 0 Å². The number of aromatic carboxylic acids is 1. The Morgan fingerprint density at radius 2 is 2.20 bits per heavy atom. The third-order valence-corrected chi connectivity index (χ3v) is 5.64. The molecule has 20 heavy (non-hydrogen) atoms. The second-order valence-electron chi connectivity index (χ2n) is 4.54. The van der Waals surface area contributed by atoms with Gasteiger partial charge in [-0.1, -0.05) is 13.8 Å². The maximum atomic E-state index is 12.5. The standard InChI is InChI=1S/C11H18N2O5S2/c1-8(2)6-13(4-5-18-3)20(16,17)11-9(10(14)15)12-7-19-11/h7-8H,4-6H2,1-3H3,(H,14,15). The van der Waals surface area contributed by atoms with Gasteiger partial charge in [0.05, 0.1) is 12.1 Å². The normalized spacial score (nSPS) is 12.2. The fourth-order valence-electron chi connectivity index (χ4n) is 1.59. The number of carboxylic acids is 1. The summed E-state index contributed by atoms with van der Waals surface area (Å²) in [6, 6.07) is 0. The van der Waals surface area contributed by atoms with Gasteiger partial charge in [-0.2, -0.15) is 4.31 Å². The van der Waals surface area contributed by atoms with Crippen molar-refractivity contribution in [3.05, 3.63) is 11.2 Å². The number of ether oxygens (including phenoxy) is 1. The van der Waals surface area contributed by atoms with Crippen LogP contribution in [0.15, 0.2) is 9.72 Å². The Balaban J connectivity index is 3.14. The topological polar surface area (TPSA) is 96.8 Å². The van der Waals surface area contributed by atoms with Gasteiger partial charge in [0, 0.05) is 20.2 Å². The summed E-state index contributed by atoms with van der Waals surface area (Å²) in [5, 5.41) is 8.99. The summed E-state index contributed by atoms with van der Waals surface area (Å²) < 4.78 is 31.0. The first-order valence-corrected chi connectivity index (χ1v) is 8.28. The molecule has 0 aliphatic carbocycles. The number of aromatic nitrogens is 1. The molecule has 0 aliphatic heterocycles. The summed E-state index contributed by atoms with van der Waals surface area (Å²) >= 11 is 0.811. The molecule has 0 bridgehead atoms. The second-order valence-corrected chi connectivity index (χ2v) is 7.53. The molecule has 0 amide bonds. The molecule has 1 N–H and O–H groups in total. The lowest BCUT2D eigenvalue weighted by Crippen LogP contribution is -2.37. The predicted molar refractivity (Wildman–Crippen MR) is 74.5 cm³/mol. The van der Waals surface area contributed by atoms with Gasteiger partial charge in [0.25, 0.3) is 10.0 Å².